The lowest BCUT2D eigenvalue weighted by Crippen LogP contribution is -1.99. The number of hydrogen-bond acceptors (Lipinski definition) is 1. The summed E-state index contributed by atoms with van der Waals surface area (Å²) in [6.45, 7) is 8.51. The molecule has 0 bridgehead atoms. The molecule has 0 radical (unpaired) electrons. The van der Waals surface area contributed by atoms with E-state index >= 15 is 0 Å². The number of nitrogens with zero attached hydrogens (tertiary/aromatic N) is 3. The summed E-state index contributed by atoms with van der Waals surface area (Å²) in [5, 5.41) is 0. The SMILES string of the molecule is Cc1ccc(C)n1-c1ccc(N=Cc2cc(C)n(-c3ccc(Br)cc3)c2C)cc1. The molecule has 4 heteroatoms. The molecule has 0 unspecified atom stereocenters. The van der Waals surface area contributed by atoms with Crippen LogP contribution in [0.2, 0.25) is 0 Å². The Bertz CT molecular complexity index is 1160. The Balaban J connectivity index is 1.60. The predicted octanol–water partition coefficient (Wildman–Crippen LogP) is 7.01. The molecule has 0 aliphatic heterocycles. The fraction of sp³-hybridized carbons (Fsp3) is 0.160. The molecule has 0 N–H and O–H groups in total. The Morgan fingerprint density at radius 3 is 1.86 bits per heavy atom. The fourth-order valence-corrected chi connectivity index (χ4v) is 4.08. The molecule has 0 amide bonds. The van der Waals surface area contributed by atoms with Crippen molar-refractivity contribution in [1.29, 1.82) is 0 Å². The minimum Gasteiger partial charge on any atom is -0.319 e. The Hall–Kier alpha value is -2.85. The molecule has 0 atom stereocenters. The Morgan fingerprint density at radius 2 is 1.24 bits per heavy atom. The molecule has 0 fully saturated rings. The first-order chi connectivity index (χ1) is 13.9. The average molecular weight is 446 g/mol. The van der Waals surface area contributed by atoms with Gasteiger partial charge in [0.1, 0.15) is 0 Å². The van der Waals surface area contributed by atoms with Gasteiger partial charge in [-0.15, -0.1) is 0 Å². The van der Waals surface area contributed by atoms with Crippen molar-refractivity contribution in [2.75, 3.05) is 0 Å². The topological polar surface area (TPSA) is 22.2 Å². The molecule has 2 aromatic heterocycles. The van der Waals surface area contributed by atoms with Crippen molar-refractivity contribution in [3.63, 3.8) is 0 Å². The van der Waals surface area contributed by atoms with Crippen LogP contribution in [0.15, 0.2) is 76.2 Å². The number of aliphatic imine (C=N–C) groups is 1. The lowest BCUT2D eigenvalue weighted by Gasteiger charge is -2.10. The van der Waals surface area contributed by atoms with Gasteiger partial charge in [-0.2, -0.15) is 0 Å². The summed E-state index contributed by atoms with van der Waals surface area (Å²) in [7, 11) is 0. The summed E-state index contributed by atoms with van der Waals surface area (Å²) in [5.41, 5.74) is 9.25. The van der Waals surface area contributed by atoms with Crippen molar-refractivity contribution in [1.82, 2.24) is 9.13 Å². The standard InChI is InChI=1S/C25H24BrN3/c1-17-5-6-18(2)28(17)24-13-9-23(10-14-24)27-16-21-15-19(3)29(20(21)4)25-11-7-22(26)8-12-25/h5-16H,1-4H3. The normalized spacial score (nSPS) is 11.5. The van der Waals surface area contributed by atoms with Gasteiger partial charge in [-0.3, -0.25) is 4.99 Å². The van der Waals surface area contributed by atoms with E-state index in [1.54, 1.807) is 0 Å². The van der Waals surface area contributed by atoms with Gasteiger partial charge in [0, 0.05) is 50.4 Å². The van der Waals surface area contributed by atoms with Crippen LogP contribution >= 0.6 is 15.9 Å². The van der Waals surface area contributed by atoms with E-state index in [0.717, 1.165) is 27.1 Å². The third-order valence-corrected chi connectivity index (χ3v) is 5.82. The van der Waals surface area contributed by atoms with Crippen LogP contribution in [0.3, 0.4) is 0 Å². The molecule has 29 heavy (non-hydrogen) atoms. The van der Waals surface area contributed by atoms with Gasteiger partial charge in [0.05, 0.1) is 5.69 Å². The Kier molecular flexibility index (Phi) is 5.29. The average Bonchev–Trinajstić information content (AvgIpc) is 3.19. The first-order valence-corrected chi connectivity index (χ1v) is 10.5. The van der Waals surface area contributed by atoms with Crippen molar-refractivity contribution in [3.8, 4) is 11.4 Å². The highest BCUT2D eigenvalue weighted by Crippen LogP contribution is 2.23. The monoisotopic (exact) mass is 445 g/mol. The van der Waals surface area contributed by atoms with Crippen LogP contribution in [-0.4, -0.2) is 15.3 Å². The number of halogens is 1. The van der Waals surface area contributed by atoms with Crippen LogP contribution in [0.5, 0.6) is 0 Å². The highest BCUT2D eigenvalue weighted by Gasteiger charge is 2.09. The first kappa shape index (κ1) is 19.5. The van der Waals surface area contributed by atoms with E-state index in [1.807, 2.05) is 6.21 Å². The number of hydrogen-bond donors (Lipinski definition) is 0. The van der Waals surface area contributed by atoms with Gasteiger partial charge in [0.2, 0.25) is 0 Å². The van der Waals surface area contributed by atoms with E-state index in [1.165, 1.54) is 22.8 Å². The van der Waals surface area contributed by atoms with Gasteiger partial charge in [0.25, 0.3) is 0 Å². The summed E-state index contributed by atoms with van der Waals surface area (Å²) in [6, 6.07) is 23.2. The second kappa shape index (κ2) is 7.88. The summed E-state index contributed by atoms with van der Waals surface area (Å²) in [6.07, 6.45) is 1.96. The molecular formula is C25H24BrN3. The molecule has 0 spiro atoms. The molecule has 2 heterocycles. The van der Waals surface area contributed by atoms with Crippen molar-refractivity contribution in [2.45, 2.75) is 27.7 Å². The van der Waals surface area contributed by atoms with E-state index in [-0.39, 0.29) is 0 Å². The van der Waals surface area contributed by atoms with Crippen LogP contribution in [0.25, 0.3) is 11.4 Å². The highest BCUT2D eigenvalue weighted by molar-refractivity contribution is 9.10. The lowest BCUT2D eigenvalue weighted by atomic mass is 10.2. The zero-order valence-corrected chi connectivity index (χ0v) is 18.7. The van der Waals surface area contributed by atoms with Gasteiger partial charge < -0.3 is 9.13 Å². The second-order valence-electron chi connectivity index (χ2n) is 7.36. The van der Waals surface area contributed by atoms with Crippen LogP contribution in [0.1, 0.15) is 28.3 Å². The van der Waals surface area contributed by atoms with Gasteiger partial charge in [-0.05, 0) is 94.4 Å². The molecule has 2 aromatic carbocycles. The minimum absolute atomic E-state index is 0.949. The minimum atomic E-state index is 0.949. The van der Waals surface area contributed by atoms with Crippen LogP contribution in [-0.2, 0) is 0 Å². The number of benzene rings is 2. The quantitative estimate of drug-likeness (QED) is 0.301. The van der Waals surface area contributed by atoms with E-state index in [0.29, 0.717) is 0 Å². The maximum atomic E-state index is 4.71. The molecule has 4 aromatic rings. The first-order valence-electron chi connectivity index (χ1n) is 9.68. The fourth-order valence-electron chi connectivity index (χ4n) is 3.81. The van der Waals surface area contributed by atoms with Gasteiger partial charge in [0.15, 0.2) is 0 Å². The van der Waals surface area contributed by atoms with Gasteiger partial charge in [-0.1, -0.05) is 15.9 Å². The van der Waals surface area contributed by atoms with E-state index in [4.69, 9.17) is 4.99 Å². The van der Waals surface area contributed by atoms with Crippen molar-refractivity contribution in [3.05, 3.63) is 99.5 Å². The molecular weight excluding hydrogens is 422 g/mol. The zero-order chi connectivity index (χ0) is 20.5. The largest absolute Gasteiger partial charge is 0.319 e. The van der Waals surface area contributed by atoms with Crippen LogP contribution < -0.4 is 0 Å². The molecule has 0 saturated heterocycles. The third-order valence-electron chi connectivity index (χ3n) is 5.29. The second-order valence-corrected chi connectivity index (χ2v) is 8.28. The highest BCUT2D eigenvalue weighted by atomic mass is 79.9. The third kappa shape index (κ3) is 3.85. The predicted molar refractivity (Wildman–Crippen MR) is 125 cm³/mol. The number of aryl methyl sites for hydroxylation is 3. The van der Waals surface area contributed by atoms with Gasteiger partial charge >= 0.3 is 0 Å². The Morgan fingerprint density at radius 1 is 0.690 bits per heavy atom. The van der Waals surface area contributed by atoms with E-state index in [2.05, 4.69) is 119 Å². The summed E-state index contributed by atoms with van der Waals surface area (Å²) < 4.78 is 5.59. The summed E-state index contributed by atoms with van der Waals surface area (Å²) in [4.78, 5) is 4.71. The zero-order valence-electron chi connectivity index (χ0n) is 17.1. The molecule has 0 saturated carbocycles. The maximum absolute atomic E-state index is 4.71. The smallest absolute Gasteiger partial charge is 0.0631 e. The molecule has 4 rings (SSSR count). The van der Waals surface area contributed by atoms with Crippen molar-refractivity contribution in [2.24, 2.45) is 4.99 Å². The van der Waals surface area contributed by atoms with Gasteiger partial charge in [-0.25, -0.2) is 0 Å². The van der Waals surface area contributed by atoms with Crippen LogP contribution in [0, 0.1) is 27.7 Å². The Labute approximate surface area is 180 Å². The molecule has 0 aliphatic carbocycles. The van der Waals surface area contributed by atoms with E-state index in [9.17, 15) is 0 Å². The number of rotatable bonds is 4. The molecule has 3 nitrogen and oxygen atoms in total. The maximum Gasteiger partial charge on any atom is 0.0631 e. The lowest BCUT2D eigenvalue weighted by molar-refractivity contribution is 0.964. The van der Waals surface area contributed by atoms with E-state index < -0.39 is 0 Å². The van der Waals surface area contributed by atoms with Crippen molar-refractivity contribution < 1.29 is 0 Å². The molecule has 0 aliphatic rings. The van der Waals surface area contributed by atoms with Crippen LogP contribution in [0.4, 0.5) is 5.69 Å². The molecule has 146 valence electrons. The summed E-state index contributed by atoms with van der Waals surface area (Å²) in [5.74, 6) is 0. The number of aromatic nitrogens is 2. The van der Waals surface area contributed by atoms with Crippen molar-refractivity contribution >= 4 is 27.8 Å². The summed E-state index contributed by atoms with van der Waals surface area (Å²) >= 11 is 3.50.